The van der Waals surface area contributed by atoms with Crippen LogP contribution in [0.15, 0.2) is 212 Å². The minimum absolute atomic E-state index is 1.10. The maximum atomic E-state index is 2.52. The molecule has 0 spiro atoms. The molecule has 0 aliphatic rings. The van der Waals surface area contributed by atoms with Crippen molar-refractivity contribution in [2.45, 2.75) is 0 Å². The van der Waals surface area contributed by atoms with Crippen molar-refractivity contribution in [3.63, 3.8) is 0 Å². The quantitative estimate of drug-likeness (QED) is 0.156. The molecule has 2 heterocycles. The Kier molecular flexibility index (Phi) is 8.28. The Hall–Kier alpha value is -6.78. The first-order valence-corrected chi connectivity index (χ1v) is 21.0. The van der Waals surface area contributed by atoms with E-state index in [1.807, 2.05) is 22.7 Å². The molecule has 0 aliphatic heterocycles. The molecule has 268 valence electrons. The fourth-order valence-electron chi connectivity index (χ4n) is 8.39. The lowest BCUT2D eigenvalue weighted by Crippen LogP contribution is -2.12. The number of thiophene rings is 2. The SMILES string of the molecule is c1ccc(-c2cc(-c3ccccc3)cc(N(c3ccc(-c4cccc5sc6ccccc6c45)cc3)c3c(-c4ccccc4)ccc4c3sc3ccccc34)c2)cc1. The fourth-order valence-corrected chi connectivity index (χ4v) is 10.8. The summed E-state index contributed by atoms with van der Waals surface area (Å²) in [6, 6.07) is 77.7. The fraction of sp³-hybridized carbons (Fsp3) is 0. The van der Waals surface area contributed by atoms with E-state index in [2.05, 4.69) is 217 Å². The van der Waals surface area contributed by atoms with E-state index in [1.165, 1.54) is 90.5 Å². The molecule has 9 aromatic carbocycles. The Bertz CT molecular complexity index is 3160. The molecule has 2 aromatic heterocycles. The molecule has 57 heavy (non-hydrogen) atoms. The zero-order valence-electron chi connectivity index (χ0n) is 31.0. The van der Waals surface area contributed by atoms with Crippen LogP contribution in [0.5, 0.6) is 0 Å². The third kappa shape index (κ3) is 5.91. The molecule has 3 heteroatoms. The van der Waals surface area contributed by atoms with Gasteiger partial charge >= 0.3 is 0 Å². The summed E-state index contributed by atoms with van der Waals surface area (Å²) in [4.78, 5) is 2.52. The summed E-state index contributed by atoms with van der Waals surface area (Å²) >= 11 is 3.75. The minimum atomic E-state index is 1.10. The summed E-state index contributed by atoms with van der Waals surface area (Å²) in [6.07, 6.45) is 0. The maximum absolute atomic E-state index is 2.52. The Labute approximate surface area is 340 Å². The summed E-state index contributed by atoms with van der Waals surface area (Å²) < 4.78 is 5.19. The molecule has 11 aromatic rings. The van der Waals surface area contributed by atoms with Gasteiger partial charge in [0.05, 0.1) is 10.4 Å². The van der Waals surface area contributed by atoms with Crippen molar-refractivity contribution in [2.75, 3.05) is 4.90 Å². The standard InChI is InChI=1S/C54H35NS2/c1-4-15-36(16-5-1)40-33-41(37-17-6-2-7-18-37)35-43(34-40)55(42-29-27-39(28-30-42)44-23-14-26-51-52(44)48-22-11-13-25-50(48)56-51)53-45(38-19-8-3-9-20-38)31-32-47-46-21-10-12-24-49(46)57-54(47)53/h1-35H. The lowest BCUT2D eigenvalue weighted by Gasteiger charge is -2.30. The van der Waals surface area contributed by atoms with Crippen molar-refractivity contribution >= 4 is 80.1 Å². The Morgan fingerprint density at radius 1 is 0.298 bits per heavy atom. The topological polar surface area (TPSA) is 3.24 Å². The highest BCUT2D eigenvalue weighted by atomic mass is 32.1. The molecule has 0 fully saturated rings. The number of anilines is 3. The van der Waals surface area contributed by atoms with E-state index in [9.17, 15) is 0 Å². The van der Waals surface area contributed by atoms with Gasteiger partial charge in [0.25, 0.3) is 0 Å². The van der Waals surface area contributed by atoms with Crippen LogP contribution in [0, 0.1) is 0 Å². The van der Waals surface area contributed by atoms with E-state index in [-0.39, 0.29) is 0 Å². The van der Waals surface area contributed by atoms with Gasteiger partial charge in [-0.3, -0.25) is 0 Å². The summed E-state index contributed by atoms with van der Waals surface area (Å²) in [7, 11) is 0. The van der Waals surface area contributed by atoms with Gasteiger partial charge < -0.3 is 4.90 Å². The van der Waals surface area contributed by atoms with Crippen LogP contribution in [0.4, 0.5) is 17.1 Å². The molecule has 0 saturated carbocycles. The number of hydrogen-bond donors (Lipinski definition) is 0. The summed E-state index contributed by atoms with van der Waals surface area (Å²) in [5.41, 5.74) is 13.0. The van der Waals surface area contributed by atoms with Gasteiger partial charge in [-0.25, -0.2) is 0 Å². The van der Waals surface area contributed by atoms with Crippen molar-refractivity contribution in [2.24, 2.45) is 0 Å². The van der Waals surface area contributed by atoms with Crippen molar-refractivity contribution in [1.82, 2.24) is 0 Å². The van der Waals surface area contributed by atoms with E-state index in [1.54, 1.807) is 0 Å². The van der Waals surface area contributed by atoms with E-state index in [0.717, 1.165) is 11.4 Å². The van der Waals surface area contributed by atoms with Crippen LogP contribution in [0.25, 0.3) is 84.9 Å². The van der Waals surface area contributed by atoms with Crippen molar-refractivity contribution in [1.29, 1.82) is 0 Å². The van der Waals surface area contributed by atoms with E-state index in [4.69, 9.17) is 0 Å². The first kappa shape index (κ1) is 33.5. The summed E-state index contributed by atoms with van der Waals surface area (Å²) in [5, 5.41) is 5.19. The molecular formula is C54H35NS2. The van der Waals surface area contributed by atoms with Crippen LogP contribution in [0.1, 0.15) is 0 Å². The Morgan fingerprint density at radius 2 is 0.842 bits per heavy atom. The van der Waals surface area contributed by atoms with Gasteiger partial charge in [0.1, 0.15) is 0 Å². The normalized spacial score (nSPS) is 11.5. The van der Waals surface area contributed by atoms with Gasteiger partial charge in [0, 0.05) is 52.6 Å². The molecule has 0 bridgehead atoms. The highest BCUT2D eigenvalue weighted by molar-refractivity contribution is 7.26. The smallest absolute Gasteiger partial charge is 0.0718 e. The predicted molar refractivity (Wildman–Crippen MR) is 249 cm³/mol. The molecule has 0 amide bonds. The second-order valence-electron chi connectivity index (χ2n) is 14.5. The van der Waals surface area contributed by atoms with Gasteiger partial charge in [-0.05, 0) is 87.5 Å². The molecule has 0 aliphatic carbocycles. The van der Waals surface area contributed by atoms with Crippen LogP contribution in [-0.2, 0) is 0 Å². The van der Waals surface area contributed by atoms with Crippen LogP contribution in [0.3, 0.4) is 0 Å². The van der Waals surface area contributed by atoms with Crippen LogP contribution in [0.2, 0.25) is 0 Å². The second kappa shape index (κ2) is 14.1. The third-order valence-electron chi connectivity index (χ3n) is 11.1. The highest BCUT2D eigenvalue weighted by Gasteiger charge is 2.24. The van der Waals surface area contributed by atoms with Gasteiger partial charge in [0.2, 0.25) is 0 Å². The number of fused-ring (bicyclic) bond motifs is 6. The zero-order chi connectivity index (χ0) is 37.7. The van der Waals surface area contributed by atoms with Gasteiger partial charge in [-0.1, -0.05) is 164 Å². The average molecular weight is 762 g/mol. The first-order chi connectivity index (χ1) is 28.3. The molecular weight excluding hydrogens is 727 g/mol. The largest absolute Gasteiger partial charge is 0.308 e. The molecule has 0 radical (unpaired) electrons. The van der Waals surface area contributed by atoms with Crippen LogP contribution >= 0.6 is 22.7 Å². The monoisotopic (exact) mass is 761 g/mol. The van der Waals surface area contributed by atoms with Crippen molar-refractivity contribution < 1.29 is 0 Å². The lowest BCUT2D eigenvalue weighted by atomic mass is 9.95. The maximum Gasteiger partial charge on any atom is 0.0718 e. The molecule has 0 N–H and O–H groups in total. The number of nitrogens with zero attached hydrogens (tertiary/aromatic N) is 1. The van der Waals surface area contributed by atoms with E-state index in [0.29, 0.717) is 0 Å². The van der Waals surface area contributed by atoms with Gasteiger partial charge in [0.15, 0.2) is 0 Å². The number of benzene rings is 9. The number of hydrogen-bond acceptors (Lipinski definition) is 3. The van der Waals surface area contributed by atoms with Crippen molar-refractivity contribution in [3.8, 4) is 44.5 Å². The highest BCUT2D eigenvalue weighted by Crippen LogP contribution is 2.51. The van der Waals surface area contributed by atoms with E-state index >= 15 is 0 Å². The molecule has 0 atom stereocenters. The minimum Gasteiger partial charge on any atom is -0.308 e. The van der Waals surface area contributed by atoms with Crippen molar-refractivity contribution in [3.05, 3.63) is 212 Å². The predicted octanol–water partition coefficient (Wildman–Crippen LogP) is 16.6. The molecule has 11 rings (SSSR count). The third-order valence-corrected chi connectivity index (χ3v) is 13.4. The molecule has 1 nitrogen and oxygen atoms in total. The molecule has 0 saturated heterocycles. The van der Waals surface area contributed by atoms with Gasteiger partial charge in [-0.15, -0.1) is 22.7 Å². The number of rotatable bonds is 7. The summed E-state index contributed by atoms with van der Waals surface area (Å²) in [5.74, 6) is 0. The zero-order valence-corrected chi connectivity index (χ0v) is 32.6. The molecule has 0 unspecified atom stereocenters. The second-order valence-corrected chi connectivity index (χ2v) is 16.6. The van der Waals surface area contributed by atoms with E-state index < -0.39 is 0 Å². The Morgan fingerprint density at radius 3 is 1.51 bits per heavy atom. The Balaban J connectivity index is 1.20. The average Bonchev–Trinajstić information content (AvgIpc) is 3.87. The van der Waals surface area contributed by atoms with Crippen LogP contribution in [-0.4, -0.2) is 0 Å². The lowest BCUT2D eigenvalue weighted by molar-refractivity contribution is 1.30. The van der Waals surface area contributed by atoms with Gasteiger partial charge in [-0.2, -0.15) is 0 Å². The van der Waals surface area contributed by atoms with Crippen LogP contribution < -0.4 is 4.90 Å². The first-order valence-electron chi connectivity index (χ1n) is 19.3. The summed E-state index contributed by atoms with van der Waals surface area (Å²) in [6.45, 7) is 0.